The molecule has 0 fully saturated rings. The molecule has 8 heteroatoms. The number of rotatable bonds is 4. The second-order valence-corrected chi connectivity index (χ2v) is 10.6. The number of benzene rings is 2. The number of hydrogen-bond acceptors (Lipinski definition) is 6. The molecule has 3 N–H and O–H groups in total. The number of pyridine rings is 1. The van der Waals surface area contributed by atoms with Gasteiger partial charge in [0, 0.05) is 47.2 Å². The zero-order chi connectivity index (χ0) is 27.5. The minimum atomic E-state index is -0.178. The van der Waals surface area contributed by atoms with Crippen LogP contribution < -0.4 is 0 Å². The van der Waals surface area contributed by atoms with Gasteiger partial charge < -0.3 is 15.3 Å². The Labute approximate surface area is 228 Å². The standard InChI is InChI=1S/C14H13ClN2O.C14H22O2.O.V/c15-12-4-5-14(18)11(9-12)10-16-8-6-13-3-1-2-7-17-13;1-13(2,3)9-7-10(14(4,5)6)12(16)11(15)8-9;;/h1-5,7,9-10,18H,6,8H2;7-8,15-16H,1-6H3;;. The molecule has 1 heterocycles. The van der Waals surface area contributed by atoms with Crippen molar-refractivity contribution in [2.24, 2.45) is 4.99 Å². The maximum absolute atomic E-state index is 9.87. The van der Waals surface area contributed by atoms with E-state index in [1.165, 1.54) is 0 Å². The second-order valence-electron chi connectivity index (χ2n) is 10.2. The summed E-state index contributed by atoms with van der Waals surface area (Å²) in [4.78, 5) is 8.47. The van der Waals surface area contributed by atoms with Gasteiger partial charge in [-0.05, 0) is 52.8 Å². The molecule has 0 saturated heterocycles. The summed E-state index contributed by atoms with van der Waals surface area (Å²) in [5, 5.41) is 29.8. The number of phenols is 3. The summed E-state index contributed by atoms with van der Waals surface area (Å²) in [5.74, 6) is 0.152. The molecule has 2 aromatic carbocycles. The molecule has 3 rings (SSSR count). The normalized spacial score (nSPS) is 11.3. The van der Waals surface area contributed by atoms with E-state index in [2.05, 4.69) is 30.7 Å². The van der Waals surface area contributed by atoms with Crippen LogP contribution in [0.5, 0.6) is 17.2 Å². The van der Waals surface area contributed by atoms with Gasteiger partial charge in [-0.25, -0.2) is 0 Å². The minimum absolute atomic E-state index is 0.000463. The van der Waals surface area contributed by atoms with Gasteiger partial charge in [0.1, 0.15) is 5.75 Å². The van der Waals surface area contributed by atoms with Crippen LogP contribution in [0.3, 0.4) is 0 Å². The van der Waals surface area contributed by atoms with E-state index in [4.69, 9.17) is 15.3 Å². The van der Waals surface area contributed by atoms with E-state index in [9.17, 15) is 15.3 Å². The predicted molar refractivity (Wildman–Crippen MR) is 141 cm³/mol. The van der Waals surface area contributed by atoms with E-state index in [1.54, 1.807) is 36.7 Å². The van der Waals surface area contributed by atoms with Crippen molar-refractivity contribution in [3.8, 4) is 17.2 Å². The van der Waals surface area contributed by atoms with E-state index >= 15 is 0 Å². The van der Waals surface area contributed by atoms with Crippen molar-refractivity contribution in [2.75, 3.05) is 6.54 Å². The molecular weight excluding hydrogens is 515 g/mol. The van der Waals surface area contributed by atoms with Gasteiger partial charge in [-0.1, -0.05) is 65.3 Å². The fourth-order valence-electron chi connectivity index (χ4n) is 3.14. The van der Waals surface area contributed by atoms with Crippen LogP contribution in [-0.2, 0) is 38.3 Å². The summed E-state index contributed by atoms with van der Waals surface area (Å²) in [7, 11) is 0. The third kappa shape index (κ3) is 10.1. The van der Waals surface area contributed by atoms with Crippen LogP contribution in [0.4, 0.5) is 0 Å². The van der Waals surface area contributed by atoms with Gasteiger partial charge in [0.05, 0.1) is 0 Å². The van der Waals surface area contributed by atoms with Gasteiger partial charge in [-0.2, -0.15) is 0 Å². The number of nitrogens with zero attached hydrogens (tertiary/aromatic N) is 2. The second kappa shape index (κ2) is 14.2. The molecule has 0 spiro atoms. The molecule has 6 nitrogen and oxygen atoms in total. The van der Waals surface area contributed by atoms with E-state index < -0.39 is 0 Å². The molecule has 0 bridgehead atoms. The number of halogens is 1. The Hall–Kier alpha value is -2.67. The summed E-state index contributed by atoms with van der Waals surface area (Å²) in [6.45, 7) is 13.0. The molecule has 0 aliphatic heterocycles. The molecule has 3 aromatic rings. The third-order valence-corrected chi connectivity index (χ3v) is 5.44. The van der Waals surface area contributed by atoms with Gasteiger partial charge in [-0.15, -0.1) is 0 Å². The topological polar surface area (TPSA) is 103 Å². The van der Waals surface area contributed by atoms with Gasteiger partial charge in [0.2, 0.25) is 0 Å². The maximum atomic E-state index is 9.87. The summed E-state index contributed by atoms with van der Waals surface area (Å²) in [6.07, 6.45) is 4.17. The Morgan fingerprint density at radius 1 is 0.917 bits per heavy atom. The first-order valence-electron chi connectivity index (χ1n) is 11.4. The van der Waals surface area contributed by atoms with Crippen LogP contribution in [0, 0.1) is 0 Å². The SMILES string of the molecule is CC(C)(C)c1cc(O)c(O)c(C(C)(C)C)c1.Oc1ccc(Cl)cc1C=NCCc1ccccn1.[O]=[V]. The molecule has 0 aliphatic rings. The van der Waals surface area contributed by atoms with Gasteiger partial charge in [0.15, 0.2) is 11.5 Å². The average Bonchev–Trinajstić information content (AvgIpc) is 2.81. The van der Waals surface area contributed by atoms with Gasteiger partial charge in [0.25, 0.3) is 0 Å². The molecule has 193 valence electrons. The Bertz CT molecular complexity index is 1140. The molecule has 0 radical (unpaired) electrons. The van der Waals surface area contributed by atoms with Crippen LogP contribution in [0.25, 0.3) is 0 Å². The van der Waals surface area contributed by atoms with Crippen molar-refractivity contribution in [1.82, 2.24) is 4.98 Å². The number of phenolic OH excluding ortho intramolecular Hbond substituents is 3. The van der Waals surface area contributed by atoms with Crippen LogP contribution in [0.2, 0.25) is 5.02 Å². The van der Waals surface area contributed by atoms with Crippen LogP contribution in [0.1, 0.15) is 63.9 Å². The molecule has 0 atom stereocenters. The van der Waals surface area contributed by atoms with Crippen molar-refractivity contribution in [3.63, 3.8) is 0 Å². The fraction of sp³-hybridized carbons (Fsp3) is 0.357. The Morgan fingerprint density at radius 2 is 1.58 bits per heavy atom. The average molecular weight is 550 g/mol. The van der Waals surface area contributed by atoms with Gasteiger partial charge in [-0.3, -0.25) is 9.98 Å². The van der Waals surface area contributed by atoms with E-state index in [1.807, 2.05) is 45.0 Å². The van der Waals surface area contributed by atoms with Crippen molar-refractivity contribution >= 4 is 17.8 Å². The van der Waals surface area contributed by atoms with Crippen molar-refractivity contribution in [1.29, 1.82) is 0 Å². The first-order valence-corrected chi connectivity index (χ1v) is 12.4. The molecular formula is C28H35ClN2O4V. The first kappa shape index (κ1) is 31.4. The van der Waals surface area contributed by atoms with Crippen LogP contribution >= 0.6 is 11.6 Å². The van der Waals surface area contributed by atoms with Crippen molar-refractivity contribution < 1.29 is 36.4 Å². The molecule has 0 saturated carbocycles. The first-order chi connectivity index (χ1) is 16.8. The Balaban J connectivity index is 0.000000339. The summed E-state index contributed by atoms with van der Waals surface area (Å²) >= 11 is 6.91. The van der Waals surface area contributed by atoms with E-state index in [0.29, 0.717) is 17.1 Å². The molecule has 1 aromatic heterocycles. The molecule has 0 aliphatic carbocycles. The zero-order valence-corrected chi connectivity index (χ0v) is 23.8. The summed E-state index contributed by atoms with van der Waals surface area (Å²) in [6, 6.07) is 14.3. The fourth-order valence-corrected chi connectivity index (χ4v) is 3.32. The van der Waals surface area contributed by atoms with Crippen LogP contribution in [0.15, 0.2) is 59.7 Å². The predicted octanol–water partition coefficient (Wildman–Crippen LogP) is 6.67. The van der Waals surface area contributed by atoms with Crippen molar-refractivity contribution in [3.05, 3.63) is 82.1 Å². The van der Waals surface area contributed by atoms with E-state index in [-0.39, 0.29) is 28.1 Å². The Kier molecular flexibility index (Phi) is 12.3. The van der Waals surface area contributed by atoms with E-state index in [0.717, 1.165) is 40.6 Å². The molecule has 36 heavy (non-hydrogen) atoms. The zero-order valence-electron chi connectivity index (χ0n) is 21.7. The quantitative estimate of drug-likeness (QED) is 0.249. The van der Waals surface area contributed by atoms with Crippen LogP contribution in [-0.4, -0.2) is 33.1 Å². The number of aromatic hydroxyl groups is 3. The number of aromatic nitrogens is 1. The number of hydrogen-bond donors (Lipinski definition) is 3. The van der Waals surface area contributed by atoms with Crippen molar-refractivity contribution in [2.45, 2.75) is 58.8 Å². The third-order valence-electron chi connectivity index (χ3n) is 5.21. The Morgan fingerprint density at radius 3 is 2.14 bits per heavy atom. The molecule has 0 unspecified atom stereocenters. The monoisotopic (exact) mass is 549 g/mol. The summed E-state index contributed by atoms with van der Waals surface area (Å²) < 4.78 is 8.19. The molecule has 0 amide bonds. The number of aliphatic imine (C=N–C) groups is 1. The summed E-state index contributed by atoms with van der Waals surface area (Å²) in [5.41, 5.74) is 3.24. The van der Waals surface area contributed by atoms with Gasteiger partial charge >= 0.3 is 21.0 Å².